The van der Waals surface area contributed by atoms with Gasteiger partial charge in [0.15, 0.2) is 0 Å². The van der Waals surface area contributed by atoms with Crippen molar-refractivity contribution in [1.29, 1.82) is 0 Å². The Morgan fingerprint density at radius 2 is 2.07 bits per heavy atom. The zero-order valence-electron chi connectivity index (χ0n) is 15.0. The van der Waals surface area contributed by atoms with Crippen molar-refractivity contribution in [3.05, 3.63) is 52.7 Å². The molecule has 10 heteroatoms. The normalized spacial score (nSPS) is 10.7. The van der Waals surface area contributed by atoms with Crippen LogP contribution in [0.25, 0.3) is 0 Å². The first-order valence-corrected chi connectivity index (χ1v) is 8.92. The summed E-state index contributed by atoms with van der Waals surface area (Å²) >= 11 is 0.859. The maximum Gasteiger partial charge on any atom is 0.345 e. The summed E-state index contributed by atoms with van der Waals surface area (Å²) < 4.78 is 5.12. The molecule has 0 amide bonds. The van der Waals surface area contributed by atoms with Gasteiger partial charge in [-0.15, -0.1) is 10.2 Å². The maximum absolute atomic E-state index is 11.4. The van der Waals surface area contributed by atoms with Gasteiger partial charge in [-0.05, 0) is 49.4 Å². The van der Waals surface area contributed by atoms with Crippen LogP contribution in [0, 0.1) is 10.1 Å². The first-order valence-electron chi connectivity index (χ1n) is 8.10. The number of nitrogens with zero attached hydrogens (tertiary/aromatic N) is 5. The van der Waals surface area contributed by atoms with Gasteiger partial charge in [0, 0.05) is 17.8 Å². The molecule has 0 saturated heterocycles. The van der Waals surface area contributed by atoms with Crippen LogP contribution in [0.15, 0.2) is 52.8 Å². The Morgan fingerprint density at radius 1 is 1.37 bits per heavy atom. The number of esters is 1. The van der Waals surface area contributed by atoms with E-state index in [2.05, 4.69) is 26.7 Å². The van der Waals surface area contributed by atoms with Crippen LogP contribution in [0.3, 0.4) is 0 Å². The molecule has 0 bridgehead atoms. The molecule has 9 nitrogen and oxygen atoms in total. The molecule has 1 aromatic heterocycles. The molecule has 0 atom stereocenters. The van der Waals surface area contributed by atoms with E-state index in [0.717, 1.165) is 29.8 Å². The third-order valence-corrected chi connectivity index (χ3v) is 4.28. The number of hydrogen-bond acceptors (Lipinski definition) is 9. The van der Waals surface area contributed by atoms with E-state index in [1.54, 1.807) is 19.1 Å². The van der Waals surface area contributed by atoms with E-state index in [1.807, 2.05) is 19.1 Å². The van der Waals surface area contributed by atoms with Crippen molar-refractivity contribution >= 4 is 38.8 Å². The third kappa shape index (κ3) is 5.96. The number of carbonyl (C=O) groups is 1. The largest absolute Gasteiger partial charge is 0.460 e. The highest BCUT2D eigenvalue weighted by Gasteiger charge is 2.11. The summed E-state index contributed by atoms with van der Waals surface area (Å²) in [6.07, 6.45) is 1.15. The topological polar surface area (TPSA) is 110 Å². The van der Waals surface area contributed by atoms with Crippen LogP contribution >= 0.6 is 11.3 Å². The zero-order chi connectivity index (χ0) is 19.8. The fraction of sp³-hybridized carbons (Fsp3) is 0.294. The highest BCUT2D eigenvalue weighted by Crippen LogP contribution is 2.29. The standard InChI is InChI=1S/C17H19N5O4S/c1-4-21(9-10-26-16(23)12(2)3)14-7-5-13(6-8-14)19-20-17-18-11-15(27-17)22(24)25/h5-8,11H,2,4,9-10H2,1,3H3. The Balaban J connectivity index is 1.95. The van der Waals surface area contributed by atoms with Crippen molar-refractivity contribution < 1.29 is 14.5 Å². The van der Waals surface area contributed by atoms with Gasteiger partial charge < -0.3 is 9.64 Å². The van der Waals surface area contributed by atoms with Crippen molar-refractivity contribution in [3.8, 4) is 0 Å². The molecule has 0 radical (unpaired) electrons. The summed E-state index contributed by atoms with van der Waals surface area (Å²) in [5.74, 6) is -0.399. The van der Waals surface area contributed by atoms with Gasteiger partial charge in [-0.25, -0.2) is 9.78 Å². The Morgan fingerprint density at radius 3 is 2.63 bits per heavy atom. The minimum absolute atomic E-state index is 0.0785. The van der Waals surface area contributed by atoms with Gasteiger partial charge in [-0.1, -0.05) is 6.58 Å². The minimum Gasteiger partial charge on any atom is -0.460 e. The summed E-state index contributed by atoms with van der Waals surface area (Å²) in [7, 11) is 0. The highest BCUT2D eigenvalue weighted by atomic mass is 32.1. The predicted octanol–water partition coefficient (Wildman–Crippen LogP) is 4.41. The molecule has 27 heavy (non-hydrogen) atoms. The van der Waals surface area contributed by atoms with Crippen molar-refractivity contribution in [3.63, 3.8) is 0 Å². The summed E-state index contributed by atoms with van der Waals surface area (Å²) in [6, 6.07) is 7.32. The number of aromatic nitrogens is 1. The molecule has 0 spiro atoms. The lowest BCUT2D eigenvalue weighted by Crippen LogP contribution is -2.28. The Bertz CT molecular complexity index is 847. The lowest BCUT2D eigenvalue weighted by molar-refractivity contribution is -0.380. The van der Waals surface area contributed by atoms with Crippen LogP contribution in [0.1, 0.15) is 13.8 Å². The molecule has 2 aromatic rings. The number of likely N-dealkylation sites (N-methyl/N-ethyl adjacent to an activating group) is 1. The minimum atomic E-state index is -0.515. The second-order valence-electron chi connectivity index (χ2n) is 5.45. The van der Waals surface area contributed by atoms with Crippen LogP contribution < -0.4 is 4.90 Å². The third-order valence-electron chi connectivity index (χ3n) is 3.45. The second kappa shape index (κ2) is 9.53. The molecule has 0 fully saturated rings. The summed E-state index contributed by atoms with van der Waals surface area (Å²) in [4.78, 5) is 27.4. The molecule has 142 valence electrons. The average Bonchev–Trinajstić information content (AvgIpc) is 3.13. The summed E-state index contributed by atoms with van der Waals surface area (Å²) in [5, 5.41) is 18.7. The fourth-order valence-electron chi connectivity index (χ4n) is 2.06. The Kier molecular flexibility index (Phi) is 7.12. The first-order chi connectivity index (χ1) is 12.9. The van der Waals surface area contributed by atoms with Crippen LogP contribution in [-0.2, 0) is 9.53 Å². The van der Waals surface area contributed by atoms with E-state index in [1.165, 1.54) is 0 Å². The van der Waals surface area contributed by atoms with Gasteiger partial charge in [-0.3, -0.25) is 10.1 Å². The molecule has 1 heterocycles. The molecular weight excluding hydrogens is 370 g/mol. The smallest absolute Gasteiger partial charge is 0.345 e. The van der Waals surface area contributed by atoms with Gasteiger partial charge in [0.1, 0.15) is 12.8 Å². The predicted molar refractivity (Wildman–Crippen MR) is 103 cm³/mol. The van der Waals surface area contributed by atoms with E-state index < -0.39 is 10.9 Å². The average molecular weight is 389 g/mol. The Labute approximate surface area is 160 Å². The molecule has 0 unspecified atom stereocenters. The number of benzene rings is 1. The first kappa shape index (κ1) is 20.2. The molecule has 2 rings (SSSR count). The highest BCUT2D eigenvalue weighted by molar-refractivity contribution is 7.18. The molecule has 0 saturated carbocycles. The summed E-state index contributed by atoms with van der Waals surface area (Å²) in [6.45, 7) is 8.72. The fourth-order valence-corrected chi connectivity index (χ4v) is 2.61. The van der Waals surface area contributed by atoms with Crippen LogP contribution in [0.4, 0.5) is 21.5 Å². The lowest BCUT2D eigenvalue weighted by Gasteiger charge is -2.22. The Hall–Kier alpha value is -3.14. The summed E-state index contributed by atoms with van der Waals surface area (Å²) in [5.41, 5.74) is 1.92. The van der Waals surface area contributed by atoms with Gasteiger partial charge >= 0.3 is 11.0 Å². The van der Waals surface area contributed by atoms with Crippen LogP contribution in [0.5, 0.6) is 0 Å². The van der Waals surface area contributed by atoms with Crippen LogP contribution in [0.2, 0.25) is 0 Å². The van der Waals surface area contributed by atoms with Gasteiger partial charge in [-0.2, -0.15) is 0 Å². The van der Waals surface area contributed by atoms with Crippen molar-refractivity contribution in [2.45, 2.75) is 13.8 Å². The van der Waals surface area contributed by atoms with Gasteiger partial charge in [0.25, 0.3) is 0 Å². The number of ether oxygens (including phenoxy) is 1. The van der Waals surface area contributed by atoms with Crippen molar-refractivity contribution in [1.82, 2.24) is 4.98 Å². The molecule has 1 aromatic carbocycles. The van der Waals surface area contributed by atoms with E-state index in [4.69, 9.17) is 4.74 Å². The zero-order valence-corrected chi connectivity index (χ0v) is 15.8. The maximum atomic E-state index is 11.4. The number of thiazole rings is 1. The quantitative estimate of drug-likeness (QED) is 0.206. The SMILES string of the molecule is C=C(C)C(=O)OCCN(CC)c1ccc(N=Nc2ncc([N+](=O)[O-])s2)cc1. The number of azo groups is 1. The molecule has 0 N–H and O–H groups in total. The number of nitro groups is 1. The lowest BCUT2D eigenvalue weighted by atomic mass is 10.2. The second-order valence-corrected chi connectivity index (χ2v) is 6.44. The van der Waals surface area contributed by atoms with E-state index in [0.29, 0.717) is 17.8 Å². The van der Waals surface area contributed by atoms with Gasteiger partial charge in [0.2, 0.25) is 5.13 Å². The molecule has 0 aliphatic heterocycles. The molecule has 0 aliphatic rings. The van der Waals surface area contributed by atoms with Crippen molar-refractivity contribution in [2.24, 2.45) is 10.2 Å². The van der Waals surface area contributed by atoms with Crippen molar-refractivity contribution in [2.75, 3.05) is 24.6 Å². The van der Waals surface area contributed by atoms with Crippen LogP contribution in [-0.4, -0.2) is 35.6 Å². The number of anilines is 1. The van der Waals surface area contributed by atoms with E-state index in [9.17, 15) is 14.9 Å². The molecular formula is C17H19N5O4S. The number of carbonyl (C=O) groups excluding carboxylic acids is 1. The van der Waals surface area contributed by atoms with Gasteiger partial charge in [0.05, 0.1) is 17.2 Å². The number of hydrogen-bond donors (Lipinski definition) is 0. The monoisotopic (exact) mass is 389 g/mol. The molecule has 0 aliphatic carbocycles. The van der Waals surface area contributed by atoms with E-state index in [-0.39, 0.29) is 16.7 Å². The van der Waals surface area contributed by atoms with E-state index >= 15 is 0 Å². The number of rotatable bonds is 9.